The van der Waals surface area contributed by atoms with Crippen LogP contribution in [0.25, 0.3) is 6.08 Å². The Hall–Kier alpha value is -3.57. The number of methoxy groups -OCH3 is 1. The first kappa shape index (κ1) is 19.7. The highest BCUT2D eigenvalue weighted by atomic mass is 16.5. The zero-order valence-corrected chi connectivity index (χ0v) is 17.0. The standard InChI is InChI=1S/C25H23NO4/c1-26(15-17-7-4-3-5-8-17)16-21-22(27)12-11-20-24(28)23(30-25(20)21)14-18-9-6-10-19(13-18)29-2/h3-14,27H,15-16H2,1-2H3/b23-14-. The van der Waals surface area contributed by atoms with Gasteiger partial charge in [0.25, 0.3) is 0 Å². The molecule has 0 bridgehead atoms. The molecule has 0 saturated heterocycles. The lowest BCUT2D eigenvalue weighted by Crippen LogP contribution is -3.06. The summed E-state index contributed by atoms with van der Waals surface area (Å²) in [5.74, 6) is 0.965. The molecule has 152 valence electrons. The number of Topliss-reactive ketones (excluding diaryl/α,β-unsaturated/α-hetero) is 1. The first-order valence-corrected chi connectivity index (χ1v) is 9.81. The van der Waals surface area contributed by atoms with Crippen molar-refractivity contribution in [2.45, 2.75) is 13.1 Å². The van der Waals surface area contributed by atoms with Gasteiger partial charge in [-0.1, -0.05) is 54.3 Å². The molecule has 5 heteroatoms. The number of nitrogens with one attached hydrogen (secondary N) is 1. The molecule has 0 aliphatic carbocycles. The molecule has 30 heavy (non-hydrogen) atoms. The number of carbonyl (C=O) groups excluding carboxylic acids is 1. The third kappa shape index (κ3) is 4.07. The molecule has 3 aromatic rings. The van der Waals surface area contributed by atoms with Crippen molar-refractivity contribution in [3.8, 4) is 17.2 Å². The summed E-state index contributed by atoms with van der Waals surface area (Å²) in [4.78, 5) is 14.0. The second kappa shape index (κ2) is 8.43. The summed E-state index contributed by atoms with van der Waals surface area (Å²) in [5, 5.41) is 12.6. The van der Waals surface area contributed by atoms with Gasteiger partial charge in [0.15, 0.2) is 5.76 Å². The number of ether oxygens (including phenoxy) is 2. The molecule has 0 fully saturated rings. The normalized spacial score (nSPS) is 15.0. The molecule has 1 aliphatic rings. The van der Waals surface area contributed by atoms with Crippen LogP contribution in [0.15, 0.2) is 72.5 Å². The molecule has 5 nitrogen and oxygen atoms in total. The van der Waals surface area contributed by atoms with Gasteiger partial charge in [-0.05, 0) is 29.8 Å². The summed E-state index contributed by atoms with van der Waals surface area (Å²) >= 11 is 0. The van der Waals surface area contributed by atoms with E-state index in [4.69, 9.17) is 9.47 Å². The van der Waals surface area contributed by atoms with Crippen LogP contribution in [0.5, 0.6) is 17.2 Å². The van der Waals surface area contributed by atoms with Gasteiger partial charge in [0, 0.05) is 11.1 Å². The SMILES string of the molecule is COc1cccc(/C=C2\Oc3c(ccc([O-])c3C[NH+](C)Cc3ccccc3)C2=O)c1. The Morgan fingerprint density at radius 2 is 1.83 bits per heavy atom. The summed E-state index contributed by atoms with van der Waals surface area (Å²) in [6, 6.07) is 20.5. The van der Waals surface area contributed by atoms with Crippen LogP contribution in [0.3, 0.4) is 0 Å². The fraction of sp³-hybridized carbons (Fsp3) is 0.160. The van der Waals surface area contributed by atoms with Gasteiger partial charge in [-0.3, -0.25) is 4.79 Å². The Morgan fingerprint density at radius 3 is 2.60 bits per heavy atom. The minimum Gasteiger partial charge on any atom is -0.872 e. The maximum absolute atomic E-state index is 12.9. The third-order valence-corrected chi connectivity index (χ3v) is 5.12. The topological polar surface area (TPSA) is 63.0 Å². The number of hydrogen-bond acceptors (Lipinski definition) is 4. The molecular weight excluding hydrogens is 378 g/mol. The zero-order chi connectivity index (χ0) is 21.1. The molecule has 0 radical (unpaired) electrons. The second-order valence-corrected chi connectivity index (χ2v) is 7.43. The average molecular weight is 401 g/mol. The summed E-state index contributed by atoms with van der Waals surface area (Å²) in [6.07, 6.45) is 1.68. The van der Waals surface area contributed by atoms with Crippen molar-refractivity contribution in [3.05, 3.63) is 94.7 Å². The molecule has 1 atom stereocenters. The van der Waals surface area contributed by atoms with E-state index < -0.39 is 0 Å². The minimum absolute atomic E-state index is 0.114. The predicted molar refractivity (Wildman–Crippen MR) is 113 cm³/mol. The van der Waals surface area contributed by atoms with Gasteiger partial charge >= 0.3 is 0 Å². The Bertz CT molecular complexity index is 1110. The maximum atomic E-state index is 12.9. The molecule has 1 heterocycles. The second-order valence-electron chi connectivity index (χ2n) is 7.43. The Kier molecular flexibility index (Phi) is 5.55. The molecule has 1 N–H and O–H groups in total. The Labute approximate surface area is 175 Å². The molecular formula is C25H23NO4. The van der Waals surface area contributed by atoms with Gasteiger partial charge in [0.1, 0.15) is 24.6 Å². The van der Waals surface area contributed by atoms with E-state index >= 15 is 0 Å². The Morgan fingerprint density at radius 1 is 1.03 bits per heavy atom. The number of ketones is 1. The van der Waals surface area contributed by atoms with Crippen LogP contribution in [-0.4, -0.2) is 19.9 Å². The number of hydrogen-bond donors (Lipinski definition) is 1. The molecule has 4 rings (SSSR count). The highest BCUT2D eigenvalue weighted by molar-refractivity contribution is 6.15. The number of carbonyl (C=O) groups is 1. The van der Waals surface area contributed by atoms with Crippen molar-refractivity contribution in [1.82, 2.24) is 0 Å². The molecule has 0 saturated carbocycles. The van der Waals surface area contributed by atoms with E-state index in [1.54, 1.807) is 19.3 Å². The van der Waals surface area contributed by atoms with E-state index in [-0.39, 0.29) is 17.3 Å². The number of allylic oxidation sites excluding steroid dienone is 1. The van der Waals surface area contributed by atoms with Gasteiger partial charge in [-0.25, -0.2) is 0 Å². The van der Waals surface area contributed by atoms with E-state index in [0.29, 0.717) is 29.2 Å². The molecule has 0 amide bonds. The lowest BCUT2D eigenvalue weighted by molar-refractivity contribution is -0.907. The van der Waals surface area contributed by atoms with Gasteiger partial charge in [-0.2, -0.15) is 0 Å². The highest BCUT2D eigenvalue weighted by Gasteiger charge is 2.30. The van der Waals surface area contributed by atoms with Crippen LogP contribution in [0.4, 0.5) is 0 Å². The van der Waals surface area contributed by atoms with Crippen LogP contribution in [-0.2, 0) is 13.1 Å². The molecule has 1 unspecified atom stereocenters. The van der Waals surface area contributed by atoms with Crippen molar-refractivity contribution in [2.24, 2.45) is 0 Å². The van der Waals surface area contributed by atoms with Crippen molar-refractivity contribution in [2.75, 3.05) is 14.2 Å². The monoisotopic (exact) mass is 401 g/mol. The van der Waals surface area contributed by atoms with E-state index in [2.05, 4.69) is 12.1 Å². The summed E-state index contributed by atoms with van der Waals surface area (Å²) in [6.45, 7) is 1.24. The van der Waals surface area contributed by atoms with Crippen LogP contribution < -0.4 is 19.5 Å². The maximum Gasteiger partial charge on any atom is 0.231 e. The van der Waals surface area contributed by atoms with E-state index in [1.165, 1.54) is 11.6 Å². The first-order valence-electron chi connectivity index (χ1n) is 9.81. The van der Waals surface area contributed by atoms with Crippen LogP contribution in [0, 0.1) is 0 Å². The average Bonchev–Trinajstić information content (AvgIpc) is 3.06. The van der Waals surface area contributed by atoms with Crippen molar-refractivity contribution in [3.63, 3.8) is 0 Å². The van der Waals surface area contributed by atoms with Crippen molar-refractivity contribution in [1.29, 1.82) is 0 Å². The minimum atomic E-state index is -0.213. The Balaban J connectivity index is 1.60. The lowest BCUT2D eigenvalue weighted by Gasteiger charge is -2.20. The molecule has 1 aliphatic heterocycles. The lowest BCUT2D eigenvalue weighted by atomic mass is 10.0. The third-order valence-electron chi connectivity index (χ3n) is 5.12. The van der Waals surface area contributed by atoms with Crippen LogP contribution >= 0.6 is 0 Å². The predicted octanol–water partition coefficient (Wildman–Crippen LogP) is 2.60. The summed E-state index contributed by atoms with van der Waals surface area (Å²) in [5.41, 5.74) is 2.95. The van der Waals surface area contributed by atoms with E-state index in [0.717, 1.165) is 17.0 Å². The van der Waals surface area contributed by atoms with Crippen molar-refractivity contribution < 1.29 is 24.3 Å². The fourth-order valence-corrected chi connectivity index (χ4v) is 3.65. The summed E-state index contributed by atoms with van der Waals surface area (Å²) in [7, 11) is 3.62. The fourth-order valence-electron chi connectivity index (χ4n) is 3.65. The van der Waals surface area contributed by atoms with Crippen LogP contribution in [0.1, 0.15) is 27.0 Å². The van der Waals surface area contributed by atoms with E-state index in [9.17, 15) is 9.90 Å². The van der Waals surface area contributed by atoms with Gasteiger partial charge < -0.3 is 19.5 Å². The van der Waals surface area contributed by atoms with Crippen LogP contribution in [0.2, 0.25) is 0 Å². The molecule has 0 spiro atoms. The molecule has 3 aromatic carbocycles. The van der Waals surface area contributed by atoms with Gasteiger partial charge in [0.2, 0.25) is 5.78 Å². The smallest absolute Gasteiger partial charge is 0.231 e. The molecule has 0 aromatic heterocycles. The number of benzene rings is 3. The highest BCUT2D eigenvalue weighted by Crippen LogP contribution is 2.38. The van der Waals surface area contributed by atoms with Gasteiger partial charge in [0.05, 0.1) is 19.7 Å². The first-order chi connectivity index (χ1) is 14.5. The quantitative estimate of drug-likeness (QED) is 0.645. The summed E-state index contributed by atoms with van der Waals surface area (Å²) < 4.78 is 11.2. The van der Waals surface area contributed by atoms with E-state index in [1.807, 2.05) is 49.5 Å². The largest absolute Gasteiger partial charge is 0.872 e. The van der Waals surface area contributed by atoms with Crippen molar-refractivity contribution >= 4 is 11.9 Å². The number of fused-ring (bicyclic) bond motifs is 1. The zero-order valence-electron chi connectivity index (χ0n) is 17.0. The number of quaternary nitrogens is 1. The van der Waals surface area contributed by atoms with Gasteiger partial charge in [-0.15, -0.1) is 0 Å². The number of rotatable bonds is 6.